The Morgan fingerprint density at radius 3 is 2.06 bits per heavy atom. The summed E-state index contributed by atoms with van der Waals surface area (Å²) in [5, 5.41) is 7.91. The van der Waals surface area contributed by atoms with E-state index in [2.05, 4.69) is 10.2 Å². The van der Waals surface area contributed by atoms with Crippen molar-refractivity contribution in [3.63, 3.8) is 0 Å². The molecule has 1 atom stereocenters. The van der Waals surface area contributed by atoms with Crippen molar-refractivity contribution >= 4 is 17.8 Å². The van der Waals surface area contributed by atoms with Gasteiger partial charge in [0.2, 0.25) is 5.89 Å². The number of carbonyl (C=O) groups is 3. The smallest absolute Gasteiger partial charge is 0.330 e. The van der Waals surface area contributed by atoms with Gasteiger partial charge in [0.1, 0.15) is 6.04 Å². The fourth-order valence-corrected chi connectivity index (χ4v) is 3.85. The maximum Gasteiger partial charge on any atom is 0.330 e. The van der Waals surface area contributed by atoms with Crippen LogP contribution in [0, 0.1) is 0 Å². The van der Waals surface area contributed by atoms with Gasteiger partial charge >= 0.3 is 5.97 Å². The molecule has 2 heterocycles. The lowest BCUT2D eigenvalue weighted by atomic mass is 10.0. The average molecular weight is 453 g/mol. The SMILES string of the molecule is O=C(OCc1nnc(-c2ccccc2)o1)C(Cc1ccccc1)N1C(=O)c2ccccc2C1=O. The van der Waals surface area contributed by atoms with Crippen LogP contribution in [-0.4, -0.2) is 38.9 Å². The quantitative estimate of drug-likeness (QED) is 0.311. The molecule has 0 N–H and O–H groups in total. The molecule has 1 aromatic heterocycles. The first-order valence-corrected chi connectivity index (χ1v) is 10.7. The van der Waals surface area contributed by atoms with E-state index in [1.165, 1.54) is 0 Å². The van der Waals surface area contributed by atoms with Crippen LogP contribution >= 0.6 is 0 Å². The minimum atomic E-state index is -1.15. The van der Waals surface area contributed by atoms with Crippen molar-refractivity contribution in [2.45, 2.75) is 19.1 Å². The number of esters is 1. The molecule has 3 aromatic carbocycles. The number of fused-ring (bicyclic) bond motifs is 1. The van der Waals surface area contributed by atoms with E-state index in [-0.39, 0.29) is 30.0 Å². The molecular weight excluding hydrogens is 434 g/mol. The van der Waals surface area contributed by atoms with Gasteiger partial charge < -0.3 is 9.15 Å². The Balaban J connectivity index is 1.37. The van der Waals surface area contributed by atoms with Crippen molar-refractivity contribution in [3.8, 4) is 11.5 Å². The molecule has 0 spiro atoms. The summed E-state index contributed by atoms with van der Waals surface area (Å²) in [6.45, 7) is -0.285. The molecule has 8 heteroatoms. The Morgan fingerprint density at radius 1 is 0.824 bits per heavy atom. The molecule has 0 aliphatic carbocycles. The first-order chi connectivity index (χ1) is 16.6. The number of aromatic nitrogens is 2. The average Bonchev–Trinajstić information content (AvgIpc) is 3.46. The Bertz CT molecular complexity index is 1320. The molecular formula is C26H19N3O5. The van der Waals surface area contributed by atoms with Gasteiger partial charge in [0.15, 0.2) is 6.61 Å². The fraction of sp³-hybridized carbons (Fsp3) is 0.115. The molecule has 5 rings (SSSR count). The molecule has 0 saturated heterocycles. The lowest BCUT2D eigenvalue weighted by Gasteiger charge is -2.24. The lowest BCUT2D eigenvalue weighted by Crippen LogP contribution is -2.47. The third-order valence-corrected chi connectivity index (χ3v) is 5.51. The normalized spacial score (nSPS) is 13.6. The van der Waals surface area contributed by atoms with Crippen molar-refractivity contribution in [2.75, 3.05) is 0 Å². The molecule has 0 bridgehead atoms. The maximum absolute atomic E-state index is 13.2. The highest BCUT2D eigenvalue weighted by atomic mass is 16.5. The molecule has 0 fully saturated rings. The number of amides is 2. The number of nitrogens with zero attached hydrogens (tertiary/aromatic N) is 3. The van der Waals surface area contributed by atoms with Crippen LogP contribution in [0.1, 0.15) is 32.2 Å². The second kappa shape index (κ2) is 9.11. The Kier molecular flexibility index (Phi) is 5.70. The summed E-state index contributed by atoms with van der Waals surface area (Å²) in [5.41, 5.74) is 2.05. The van der Waals surface area contributed by atoms with Crippen molar-refractivity contribution in [3.05, 3.63) is 108 Å². The van der Waals surface area contributed by atoms with E-state index in [1.807, 2.05) is 60.7 Å². The molecule has 4 aromatic rings. The van der Waals surface area contributed by atoms with Gasteiger partial charge in [0, 0.05) is 12.0 Å². The molecule has 2 amide bonds. The second-order valence-electron chi connectivity index (χ2n) is 7.71. The van der Waals surface area contributed by atoms with E-state index in [1.54, 1.807) is 24.3 Å². The van der Waals surface area contributed by atoms with Gasteiger partial charge in [-0.25, -0.2) is 4.79 Å². The van der Waals surface area contributed by atoms with E-state index >= 15 is 0 Å². The number of imide groups is 1. The third kappa shape index (κ3) is 4.09. The maximum atomic E-state index is 13.2. The number of rotatable bonds is 7. The van der Waals surface area contributed by atoms with Gasteiger partial charge in [-0.05, 0) is 29.8 Å². The summed E-state index contributed by atoms with van der Waals surface area (Å²) in [4.78, 5) is 40.2. The zero-order valence-corrected chi connectivity index (χ0v) is 18.0. The first-order valence-electron chi connectivity index (χ1n) is 10.7. The first kappa shape index (κ1) is 21.3. The van der Waals surface area contributed by atoms with Crippen molar-refractivity contribution in [2.24, 2.45) is 0 Å². The summed E-state index contributed by atoms with van der Waals surface area (Å²) in [6, 6.07) is 23.7. The molecule has 8 nitrogen and oxygen atoms in total. The summed E-state index contributed by atoms with van der Waals surface area (Å²) in [7, 11) is 0. The van der Waals surface area contributed by atoms with Crippen molar-refractivity contribution < 1.29 is 23.5 Å². The Hall–Kier alpha value is -4.59. The Morgan fingerprint density at radius 2 is 1.41 bits per heavy atom. The van der Waals surface area contributed by atoms with Crippen molar-refractivity contribution in [1.29, 1.82) is 0 Å². The van der Waals surface area contributed by atoms with Crippen LogP contribution < -0.4 is 0 Å². The largest absolute Gasteiger partial charge is 0.454 e. The highest BCUT2D eigenvalue weighted by Crippen LogP contribution is 2.27. The zero-order valence-electron chi connectivity index (χ0n) is 18.0. The molecule has 168 valence electrons. The molecule has 1 aliphatic rings. The summed E-state index contributed by atoms with van der Waals surface area (Å²) >= 11 is 0. The van der Waals surface area contributed by atoms with Crippen LogP contribution in [0.5, 0.6) is 0 Å². The van der Waals surface area contributed by atoms with E-state index in [9.17, 15) is 14.4 Å². The van der Waals surface area contributed by atoms with Gasteiger partial charge in [-0.3, -0.25) is 14.5 Å². The van der Waals surface area contributed by atoms with Crippen molar-refractivity contribution in [1.82, 2.24) is 15.1 Å². The molecule has 0 saturated carbocycles. The summed E-state index contributed by atoms with van der Waals surface area (Å²) in [5.74, 6) is -1.39. The minimum Gasteiger partial charge on any atom is -0.454 e. The minimum absolute atomic E-state index is 0.105. The standard InChI is InChI=1S/C26H19N3O5/c30-24-19-13-7-8-14-20(19)25(31)29(24)21(15-17-9-3-1-4-10-17)26(32)33-16-22-27-28-23(34-22)18-11-5-2-6-12-18/h1-14,21H,15-16H2. The molecule has 1 unspecified atom stereocenters. The molecule has 0 radical (unpaired) electrons. The summed E-state index contributed by atoms with van der Waals surface area (Å²) < 4.78 is 11.0. The fourth-order valence-electron chi connectivity index (χ4n) is 3.85. The number of benzene rings is 3. The topological polar surface area (TPSA) is 103 Å². The number of carbonyl (C=O) groups excluding carboxylic acids is 3. The van der Waals surface area contributed by atoms with Crippen LogP contribution in [0.4, 0.5) is 0 Å². The lowest BCUT2D eigenvalue weighted by molar-refractivity contribution is -0.150. The molecule has 1 aliphatic heterocycles. The number of hydrogen-bond donors (Lipinski definition) is 0. The van der Waals surface area contributed by atoms with Crippen LogP contribution in [-0.2, 0) is 22.6 Å². The highest BCUT2D eigenvalue weighted by molar-refractivity contribution is 6.22. The Labute approximate surface area is 194 Å². The van der Waals surface area contributed by atoms with Gasteiger partial charge in [0.05, 0.1) is 11.1 Å². The third-order valence-electron chi connectivity index (χ3n) is 5.51. The van der Waals surface area contributed by atoms with Gasteiger partial charge in [0.25, 0.3) is 17.7 Å². The van der Waals surface area contributed by atoms with E-state index in [0.717, 1.165) is 16.0 Å². The second-order valence-corrected chi connectivity index (χ2v) is 7.71. The monoisotopic (exact) mass is 453 g/mol. The van der Waals surface area contributed by atoms with Gasteiger partial charge in [-0.2, -0.15) is 0 Å². The van der Waals surface area contributed by atoms with Gasteiger partial charge in [-0.15, -0.1) is 10.2 Å². The number of ether oxygens (including phenoxy) is 1. The summed E-state index contributed by atoms with van der Waals surface area (Å²) in [6.07, 6.45) is 0.115. The van der Waals surface area contributed by atoms with Crippen LogP contribution in [0.25, 0.3) is 11.5 Å². The van der Waals surface area contributed by atoms with E-state index in [4.69, 9.17) is 9.15 Å². The number of hydrogen-bond acceptors (Lipinski definition) is 7. The zero-order chi connectivity index (χ0) is 23.5. The van der Waals surface area contributed by atoms with E-state index < -0.39 is 23.8 Å². The van der Waals surface area contributed by atoms with Crippen LogP contribution in [0.15, 0.2) is 89.3 Å². The predicted octanol–water partition coefficient (Wildman–Crippen LogP) is 3.69. The van der Waals surface area contributed by atoms with Gasteiger partial charge in [-0.1, -0.05) is 60.7 Å². The van der Waals surface area contributed by atoms with Crippen LogP contribution in [0.3, 0.4) is 0 Å². The van der Waals surface area contributed by atoms with E-state index in [0.29, 0.717) is 5.89 Å². The van der Waals surface area contributed by atoms with Crippen LogP contribution in [0.2, 0.25) is 0 Å². The predicted molar refractivity (Wildman–Crippen MR) is 120 cm³/mol. The highest BCUT2D eigenvalue weighted by Gasteiger charge is 2.43. The molecule has 34 heavy (non-hydrogen) atoms.